The quantitative estimate of drug-likeness (QED) is 0.867. The molecule has 1 saturated carbocycles. The van der Waals surface area contributed by atoms with E-state index in [2.05, 4.69) is 34.0 Å². The Morgan fingerprint density at radius 3 is 2.95 bits per heavy atom. The fourth-order valence-corrected chi connectivity index (χ4v) is 3.61. The van der Waals surface area contributed by atoms with Crippen LogP contribution in [0.2, 0.25) is 0 Å². The van der Waals surface area contributed by atoms with Gasteiger partial charge in [0, 0.05) is 23.1 Å². The molecule has 1 aromatic rings. The van der Waals surface area contributed by atoms with Gasteiger partial charge in [0.2, 0.25) is 11.8 Å². The molecule has 2 rings (SSSR count). The Morgan fingerprint density at radius 1 is 1.37 bits per heavy atom. The van der Waals surface area contributed by atoms with Gasteiger partial charge in [-0.2, -0.15) is 16.7 Å². The molecule has 0 aromatic carbocycles. The van der Waals surface area contributed by atoms with Crippen molar-refractivity contribution in [2.24, 2.45) is 0 Å². The van der Waals surface area contributed by atoms with Crippen LogP contribution in [0.15, 0.2) is 6.07 Å². The highest BCUT2D eigenvalue weighted by Gasteiger charge is 2.25. The monoisotopic (exact) mass is 281 g/mol. The van der Waals surface area contributed by atoms with Crippen molar-refractivity contribution in [3.8, 4) is 5.88 Å². The van der Waals surface area contributed by atoms with Crippen molar-refractivity contribution < 1.29 is 4.74 Å². The van der Waals surface area contributed by atoms with Crippen LogP contribution in [0.25, 0.3) is 0 Å². The van der Waals surface area contributed by atoms with E-state index >= 15 is 0 Å². The summed E-state index contributed by atoms with van der Waals surface area (Å²) >= 11 is 2.06. The molecule has 19 heavy (non-hydrogen) atoms. The molecule has 1 N–H and O–H groups in total. The molecular formula is C14H23N3OS. The first-order valence-electron chi connectivity index (χ1n) is 7.07. The van der Waals surface area contributed by atoms with Gasteiger partial charge in [-0.3, -0.25) is 0 Å². The standard InChI is InChI=1S/C14H23N3OS/c1-4-18-13-8-10(3)15-14(17-13)16-11-6-7-12(9-11)19-5-2/h8,11-12H,4-7,9H2,1-3H3,(H,15,16,17). The van der Waals surface area contributed by atoms with Gasteiger partial charge in [0.15, 0.2) is 0 Å². The molecule has 1 aliphatic carbocycles. The average molecular weight is 281 g/mol. The van der Waals surface area contributed by atoms with Crippen molar-refractivity contribution in [1.82, 2.24) is 9.97 Å². The molecule has 2 unspecified atom stereocenters. The number of hydrogen-bond donors (Lipinski definition) is 1. The number of ether oxygens (including phenoxy) is 1. The first-order valence-corrected chi connectivity index (χ1v) is 8.12. The predicted octanol–water partition coefficient (Wildman–Crippen LogP) is 3.27. The summed E-state index contributed by atoms with van der Waals surface area (Å²) in [6, 6.07) is 2.37. The molecule has 4 nitrogen and oxygen atoms in total. The van der Waals surface area contributed by atoms with Crippen molar-refractivity contribution >= 4 is 17.7 Å². The van der Waals surface area contributed by atoms with Crippen molar-refractivity contribution in [1.29, 1.82) is 0 Å². The molecule has 0 amide bonds. The Labute approximate surface area is 119 Å². The lowest BCUT2D eigenvalue weighted by molar-refractivity contribution is 0.326. The number of anilines is 1. The number of nitrogens with one attached hydrogen (secondary N) is 1. The van der Waals surface area contributed by atoms with Crippen LogP contribution in [-0.2, 0) is 0 Å². The van der Waals surface area contributed by atoms with Crippen molar-refractivity contribution in [3.63, 3.8) is 0 Å². The zero-order chi connectivity index (χ0) is 13.7. The number of aryl methyl sites for hydroxylation is 1. The molecule has 2 atom stereocenters. The van der Waals surface area contributed by atoms with E-state index in [0.29, 0.717) is 24.5 Å². The lowest BCUT2D eigenvalue weighted by Gasteiger charge is -2.14. The van der Waals surface area contributed by atoms with E-state index < -0.39 is 0 Å². The number of rotatable bonds is 6. The summed E-state index contributed by atoms with van der Waals surface area (Å²) < 4.78 is 5.46. The Balaban J connectivity index is 1.95. The molecule has 0 saturated heterocycles. The second-order valence-electron chi connectivity index (χ2n) is 4.84. The maximum atomic E-state index is 5.46. The summed E-state index contributed by atoms with van der Waals surface area (Å²) in [4.78, 5) is 8.85. The minimum Gasteiger partial charge on any atom is -0.478 e. The van der Waals surface area contributed by atoms with E-state index in [0.717, 1.165) is 10.9 Å². The molecule has 0 spiro atoms. The van der Waals surface area contributed by atoms with Crippen LogP contribution in [0.3, 0.4) is 0 Å². The zero-order valence-corrected chi connectivity index (χ0v) is 12.8. The molecule has 5 heteroatoms. The molecule has 0 bridgehead atoms. The van der Waals surface area contributed by atoms with Crippen molar-refractivity contribution in [3.05, 3.63) is 11.8 Å². The lowest BCUT2D eigenvalue weighted by atomic mass is 10.2. The second-order valence-corrected chi connectivity index (χ2v) is 6.41. The minimum atomic E-state index is 0.500. The molecular weight excluding hydrogens is 258 g/mol. The number of nitrogens with zero attached hydrogens (tertiary/aromatic N) is 2. The highest BCUT2D eigenvalue weighted by molar-refractivity contribution is 7.99. The van der Waals surface area contributed by atoms with E-state index in [-0.39, 0.29) is 0 Å². The molecule has 1 aromatic heterocycles. The van der Waals surface area contributed by atoms with Crippen LogP contribution in [0.4, 0.5) is 5.95 Å². The smallest absolute Gasteiger partial charge is 0.226 e. The topological polar surface area (TPSA) is 47.0 Å². The van der Waals surface area contributed by atoms with Crippen LogP contribution < -0.4 is 10.1 Å². The summed E-state index contributed by atoms with van der Waals surface area (Å²) in [6.07, 6.45) is 3.71. The minimum absolute atomic E-state index is 0.500. The molecule has 0 radical (unpaired) electrons. The van der Waals surface area contributed by atoms with Gasteiger partial charge in [-0.15, -0.1) is 0 Å². The number of hydrogen-bond acceptors (Lipinski definition) is 5. The van der Waals surface area contributed by atoms with E-state index in [4.69, 9.17) is 4.74 Å². The summed E-state index contributed by atoms with van der Waals surface area (Å²) in [7, 11) is 0. The second kappa shape index (κ2) is 6.98. The van der Waals surface area contributed by atoms with Gasteiger partial charge in [-0.1, -0.05) is 6.92 Å². The van der Waals surface area contributed by atoms with Crippen LogP contribution >= 0.6 is 11.8 Å². The fourth-order valence-electron chi connectivity index (χ4n) is 2.47. The van der Waals surface area contributed by atoms with Gasteiger partial charge in [0.1, 0.15) is 0 Å². The van der Waals surface area contributed by atoms with Gasteiger partial charge in [-0.05, 0) is 38.9 Å². The zero-order valence-electron chi connectivity index (χ0n) is 12.0. The maximum Gasteiger partial charge on any atom is 0.226 e. The van der Waals surface area contributed by atoms with Gasteiger partial charge >= 0.3 is 0 Å². The van der Waals surface area contributed by atoms with E-state index in [1.165, 1.54) is 25.0 Å². The third-order valence-electron chi connectivity index (χ3n) is 3.24. The fraction of sp³-hybridized carbons (Fsp3) is 0.714. The van der Waals surface area contributed by atoms with E-state index in [1.807, 2.05) is 19.9 Å². The molecule has 106 valence electrons. The van der Waals surface area contributed by atoms with Crippen LogP contribution in [-0.4, -0.2) is 33.6 Å². The van der Waals surface area contributed by atoms with Crippen LogP contribution in [0.5, 0.6) is 5.88 Å². The molecule has 0 aliphatic heterocycles. The van der Waals surface area contributed by atoms with E-state index in [9.17, 15) is 0 Å². The Kier molecular flexibility index (Phi) is 5.31. The van der Waals surface area contributed by atoms with Gasteiger partial charge in [-0.25, -0.2) is 4.98 Å². The number of thioether (sulfide) groups is 1. The van der Waals surface area contributed by atoms with Gasteiger partial charge in [0.25, 0.3) is 0 Å². The molecule has 1 heterocycles. The first-order chi connectivity index (χ1) is 9.21. The van der Waals surface area contributed by atoms with Crippen molar-refractivity contribution in [2.45, 2.75) is 51.3 Å². The van der Waals surface area contributed by atoms with Crippen molar-refractivity contribution in [2.75, 3.05) is 17.7 Å². The van der Waals surface area contributed by atoms with Crippen LogP contribution in [0.1, 0.15) is 38.8 Å². The summed E-state index contributed by atoms with van der Waals surface area (Å²) in [5, 5.41) is 4.24. The third-order valence-corrected chi connectivity index (χ3v) is 4.48. The summed E-state index contributed by atoms with van der Waals surface area (Å²) in [5.41, 5.74) is 0.943. The van der Waals surface area contributed by atoms with Gasteiger partial charge < -0.3 is 10.1 Å². The molecule has 1 aliphatic rings. The summed E-state index contributed by atoms with van der Waals surface area (Å²) in [5.74, 6) is 2.57. The Bertz CT molecular complexity index is 414. The lowest BCUT2D eigenvalue weighted by Crippen LogP contribution is -2.18. The SMILES string of the molecule is CCOc1cc(C)nc(NC2CCC(SCC)C2)n1. The largest absolute Gasteiger partial charge is 0.478 e. The van der Waals surface area contributed by atoms with Crippen LogP contribution in [0, 0.1) is 6.92 Å². The molecule has 1 fully saturated rings. The van der Waals surface area contributed by atoms with Gasteiger partial charge in [0.05, 0.1) is 6.61 Å². The third kappa shape index (κ3) is 4.27. The highest BCUT2D eigenvalue weighted by Crippen LogP contribution is 2.31. The summed E-state index contributed by atoms with van der Waals surface area (Å²) in [6.45, 7) is 6.80. The predicted molar refractivity (Wildman–Crippen MR) is 81.1 cm³/mol. The Morgan fingerprint density at radius 2 is 2.21 bits per heavy atom. The average Bonchev–Trinajstić information content (AvgIpc) is 2.76. The normalized spacial score (nSPS) is 22.5. The number of aromatic nitrogens is 2. The maximum absolute atomic E-state index is 5.46. The first kappa shape index (κ1) is 14.4. The van der Waals surface area contributed by atoms with E-state index in [1.54, 1.807) is 0 Å². The highest BCUT2D eigenvalue weighted by atomic mass is 32.2. The Hall–Kier alpha value is -0.970.